The molecule has 0 radical (unpaired) electrons. The van der Waals surface area contributed by atoms with Crippen molar-refractivity contribution in [1.29, 1.82) is 0 Å². The Bertz CT molecular complexity index is 665. The van der Waals surface area contributed by atoms with Gasteiger partial charge in [0.05, 0.1) is 13.2 Å². The molecule has 1 aromatic carbocycles. The van der Waals surface area contributed by atoms with Crippen LogP contribution in [0.2, 0.25) is 0 Å². The number of rotatable bonds is 7. The fraction of sp³-hybridized carbons (Fsp3) is 0.636. The predicted molar refractivity (Wildman–Crippen MR) is 109 cm³/mol. The van der Waals surface area contributed by atoms with Crippen molar-refractivity contribution in [2.75, 3.05) is 33.3 Å². The van der Waals surface area contributed by atoms with Crippen molar-refractivity contribution in [3.05, 3.63) is 29.8 Å². The Labute approximate surface area is 168 Å². The molecule has 6 heteroatoms. The van der Waals surface area contributed by atoms with Gasteiger partial charge < -0.3 is 15.0 Å². The summed E-state index contributed by atoms with van der Waals surface area (Å²) >= 11 is 0. The van der Waals surface area contributed by atoms with Gasteiger partial charge in [0, 0.05) is 38.6 Å². The van der Waals surface area contributed by atoms with Gasteiger partial charge in [-0.3, -0.25) is 14.5 Å². The zero-order valence-corrected chi connectivity index (χ0v) is 17.2. The summed E-state index contributed by atoms with van der Waals surface area (Å²) in [5, 5.41) is 3.19. The van der Waals surface area contributed by atoms with Gasteiger partial charge in [0.15, 0.2) is 0 Å². The molecule has 1 saturated heterocycles. The van der Waals surface area contributed by atoms with Crippen LogP contribution in [0.15, 0.2) is 24.3 Å². The molecule has 2 aliphatic rings. The van der Waals surface area contributed by atoms with Crippen LogP contribution in [0.1, 0.15) is 44.6 Å². The van der Waals surface area contributed by atoms with Crippen LogP contribution in [0.25, 0.3) is 0 Å². The average Bonchev–Trinajstić information content (AvgIpc) is 3.24. The number of nitrogens with one attached hydrogen (secondary N) is 1. The van der Waals surface area contributed by atoms with Crippen molar-refractivity contribution in [3.63, 3.8) is 0 Å². The highest BCUT2D eigenvalue weighted by atomic mass is 16.5. The van der Waals surface area contributed by atoms with E-state index in [4.69, 9.17) is 4.74 Å². The fourth-order valence-corrected chi connectivity index (χ4v) is 4.15. The number of piperazine rings is 1. The van der Waals surface area contributed by atoms with Crippen LogP contribution >= 0.6 is 0 Å². The molecule has 1 heterocycles. The average molecular weight is 388 g/mol. The van der Waals surface area contributed by atoms with E-state index in [-0.39, 0.29) is 17.9 Å². The van der Waals surface area contributed by atoms with Gasteiger partial charge in [0.25, 0.3) is 0 Å². The number of benzene rings is 1. The largest absolute Gasteiger partial charge is 0.497 e. The molecule has 0 aromatic heterocycles. The van der Waals surface area contributed by atoms with Gasteiger partial charge in [-0.15, -0.1) is 0 Å². The van der Waals surface area contributed by atoms with E-state index in [2.05, 4.69) is 10.2 Å². The van der Waals surface area contributed by atoms with Gasteiger partial charge in [-0.25, -0.2) is 0 Å². The topological polar surface area (TPSA) is 61.9 Å². The Morgan fingerprint density at radius 3 is 2.57 bits per heavy atom. The predicted octanol–water partition coefficient (Wildman–Crippen LogP) is 2.22. The van der Waals surface area contributed by atoms with Crippen molar-refractivity contribution < 1.29 is 14.3 Å². The van der Waals surface area contributed by atoms with E-state index in [1.807, 2.05) is 36.1 Å². The molecule has 1 aliphatic carbocycles. The first-order valence-corrected chi connectivity index (χ1v) is 10.5. The lowest BCUT2D eigenvalue weighted by Crippen LogP contribution is -2.55. The zero-order chi connectivity index (χ0) is 19.9. The minimum atomic E-state index is -0.130. The second-order valence-electron chi connectivity index (χ2n) is 7.93. The Morgan fingerprint density at radius 1 is 1.18 bits per heavy atom. The van der Waals surface area contributed by atoms with Crippen LogP contribution in [-0.2, 0) is 16.0 Å². The molecule has 1 N–H and O–H groups in total. The molecule has 1 aromatic rings. The van der Waals surface area contributed by atoms with E-state index >= 15 is 0 Å². The maximum absolute atomic E-state index is 12.6. The first-order chi connectivity index (χ1) is 13.6. The molecule has 1 atom stereocenters. The number of amides is 2. The summed E-state index contributed by atoms with van der Waals surface area (Å²) in [5.74, 6) is 1.14. The van der Waals surface area contributed by atoms with Crippen LogP contribution in [0.4, 0.5) is 0 Å². The van der Waals surface area contributed by atoms with E-state index in [0.29, 0.717) is 25.6 Å². The highest BCUT2D eigenvalue weighted by Crippen LogP contribution is 2.18. The third-order valence-corrected chi connectivity index (χ3v) is 6.06. The van der Waals surface area contributed by atoms with Gasteiger partial charge >= 0.3 is 0 Å². The van der Waals surface area contributed by atoms with Crippen molar-refractivity contribution in [2.45, 2.75) is 57.5 Å². The summed E-state index contributed by atoms with van der Waals surface area (Å²) in [6, 6.07) is 8.10. The summed E-state index contributed by atoms with van der Waals surface area (Å²) in [6.45, 7) is 4.87. The van der Waals surface area contributed by atoms with Gasteiger partial charge in [-0.1, -0.05) is 25.0 Å². The first-order valence-electron chi connectivity index (χ1n) is 10.5. The minimum absolute atomic E-state index is 0.129. The summed E-state index contributed by atoms with van der Waals surface area (Å²) in [6.07, 6.45) is 5.87. The Hall–Kier alpha value is -2.08. The van der Waals surface area contributed by atoms with Crippen LogP contribution in [0.3, 0.4) is 0 Å². The number of hydrogen-bond acceptors (Lipinski definition) is 4. The maximum atomic E-state index is 12.6. The van der Waals surface area contributed by atoms with Crippen LogP contribution in [-0.4, -0.2) is 67.0 Å². The second kappa shape index (κ2) is 9.92. The minimum Gasteiger partial charge on any atom is -0.497 e. The van der Waals surface area contributed by atoms with E-state index in [1.54, 1.807) is 7.11 Å². The Balaban J connectivity index is 1.41. The number of methoxy groups -OCH3 is 1. The molecule has 28 heavy (non-hydrogen) atoms. The lowest BCUT2D eigenvalue weighted by Gasteiger charge is -2.37. The summed E-state index contributed by atoms with van der Waals surface area (Å²) in [5.41, 5.74) is 1.11. The Morgan fingerprint density at radius 2 is 1.89 bits per heavy atom. The molecule has 3 rings (SSSR count). The monoisotopic (exact) mass is 387 g/mol. The summed E-state index contributed by atoms with van der Waals surface area (Å²) in [4.78, 5) is 29.2. The molecule has 1 saturated carbocycles. The number of aryl methyl sites for hydroxylation is 1. The van der Waals surface area contributed by atoms with E-state index in [9.17, 15) is 9.59 Å². The number of nitrogens with zero attached hydrogens (tertiary/aromatic N) is 2. The molecule has 0 bridgehead atoms. The molecule has 2 fully saturated rings. The third kappa shape index (κ3) is 5.47. The van der Waals surface area contributed by atoms with Crippen LogP contribution < -0.4 is 10.1 Å². The van der Waals surface area contributed by atoms with Gasteiger partial charge in [0.1, 0.15) is 5.75 Å². The molecular weight excluding hydrogens is 354 g/mol. The van der Waals surface area contributed by atoms with E-state index < -0.39 is 0 Å². The summed E-state index contributed by atoms with van der Waals surface area (Å²) in [7, 11) is 1.65. The number of carbonyl (C=O) groups is 2. The smallest absolute Gasteiger partial charge is 0.237 e. The molecule has 1 aliphatic heterocycles. The normalized spacial score (nSPS) is 19.4. The highest BCUT2D eigenvalue weighted by Gasteiger charge is 2.28. The molecule has 154 valence electrons. The third-order valence-electron chi connectivity index (χ3n) is 6.06. The zero-order valence-electron chi connectivity index (χ0n) is 17.2. The lowest BCUT2D eigenvalue weighted by atomic mass is 10.1. The second-order valence-corrected chi connectivity index (χ2v) is 7.93. The molecule has 6 nitrogen and oxygen atoms in total. The summed E-state index contributed by atoms with van der Waals surface area (Å²) < 4.78 is 5.24. The van der Waals surface area contributed by atoms with Crippen LogP contribution in [0.5, 0.6) is 5.75 Å². The maximum Gasteiger partial charge on any atom is 0.237 e. The fourth-order valence-electron chi connectivity index (χ4n) is 4.15. The number of hydrogen-bond donors (Lipinski definition) is 1. The Kier molecular flexibility index (Phi) is 7.31. The highest BCUT2D eigenvalue weighted by molar-refractivity contribution is 5.81. The van der Waals surface area contributed by atoms with E-state index in [0.717, 1.165) is 43.7 Å². The quantitative estimate of drug-likeness (QED) is 0.779. The van der Waals surface area contributed by atoms with Crippen molar-refractivity contribution in [1.82, 2.24) is 15.1 Å². The van der Waals surface area contributed by atoms with Gasteiger partial charge in [0.2, 0.25) is 11.8 Å². The molecule has 2 amide bonds. The molecular formula is C22H33N3O3. The van der Waals surface area contributed by atoms with Crippen molar-refractivity contribution in [2.24, 2.45) is 0 Å². The molecule has 1 unspecified atom stereocenters. The van der Waals surface area contributed by atoms with Gasteiger partial charge in [-0.05, 0) is 43.9 Å². The number of carbonyl (C=O) groups excluding carboxylic acids is 2. The standard InChI is InChI=1S/C22H33N3O3/c1-17(22(27)23-19-7-3-4-8-19)24-12-14-25(15-13-24)21(26)11-10-18-6-5-9-20(16-18)28-2/h5-6,9,16-17,19H,3-4,7-8,10-15H2,1-2H3,(H,23,27). The van der Waals surface area contributed by atoms with Gasteiger partial charge in [-0.2, -0.15) is 0 Å². The number of ether oxygens (including phenoxy) is 1. The first kappa shape index (κ1) is 20.6. The van der Waals surface area contributed by atoms with Crippen molar-refractivity contribution >= 4 is 11.8 Å². The lowest BCUT2D eigenvalue weighted by molar-refractivity contribution is -0.134. The van der Waals surface area contributed by atoms with Crippen molar-refractivity contribution in [3.8, 4) is 5.75 Å². The van der Waals surface area contributed by atoms with E-state index in [1.165, 1.54) is 12.8 Å². The molecule has 0 spiro atoms. The SMILES string of the molecule is COc1cccc(CCC(=O)N2CCN(C(C)C(=O)NC3CCCC3)CC2)c1. The van der Waals surface area contributed by atoms with Crippen LogP contribution in [0, 0.1) is 0 Å².